The molecule has 2 aromatic rings. The SMILES string of the molecule is CC[C@H](c1ccc2c(Cl)c(O[C@H]3CC[C@@H](CC)CC3)ccc2c1)N1C2CCC1CC(C(=O)O)C2. The number of carboxylic acids is 1. The first-order chi connectivity index (χ1) is 16.5. The number of carbonyl (C=O) groups is 1. The van der Waals surface area contributed by atoms with Gasteiger partial charge in [-0.2, -0.15) is 0 Å². The second-order valence-corrected chi connectivity index (χ2v) is 11.2. The van der Waals surface area contributed by atoms with Gasteiger partial charge in [0.15, 0.2) is 0 Å². The molecular formula is C29H38ClNO3. The van der Waals surface area contributed by atoms with Gasteiger partial charge in [-0.15, -0.1) is 0 Å². The molecule has 0 amide bonds. The maximum Gasteiger partial charge on any atom is 0.306 e. The molecule has 5 rings (SSSR count). The molecule has 3 atom stereocenters. The highest BCUT2D eigenvalue weighted by atomic mass is 35.5. The van der Waals surface area contributed by atoms with Gasteiger partial charge in [0, 0.05) is 23.5 Å². The number of nitrogens with zero attached hydrogens (tertiary/aromatic N) is 1. The number of hydrogen-bond acceptors (Lipinski definition) is 3. The van der Waals surface area contributed by atoms with Gasteiger partial charge < -0.3 is 9.84 Å². The summed E-state index contributed by atoms with van der Waals surface area (Å²) in [4.78, 5) is 14.2. The number of rotatable bonds is 7. The number of benzene rings is 2. The molecule has 2 unspecified atom stereocenters. The van der Waals surface area contributed by atoms with Crippen molar-refractivity contribution >= 4 is 28.3 Å². The highest BCUT2D eigenvalue weighted by Gasteiger charge is 2.45. The molecule has 184 valence electrons. The van der Waals surface area contributed by atoms with Gasteiger partial charge in [0.05, 0.1) is 17.0 Å². The molecule has 1 saturated carbocycles. The van der Waals surface area contributed by atoms with Crippen LogP contribution in [0.3, 0.4) is 0 Å². The minimum atomic E-state index is -0.624. The largest absolute Gasteiger partial charge is 0.489 e. The van der Waals surface area contributed by atoms with Crippen molar-refractivity contribution in [3.8, 4) is 5.75 Å². The fraction of sp³-hybridized carbons (Fsp3) is 0.621. The Kier molecular flexibility index (Phi) is 7.09. The lowest BCUT2D eigenvalue weighted by Gasteiger charge is -2.42. The Labute approximate surface area is 208 Å². The predicted molar refractivity (Wildman–Crippen MR) is 138 cm³/mol. The molecule has 0 spiro atoms. The molecule has 4 nitrogen and oxygen atoms in total. The molecule has 1 aliphatic carbocycles. The van der Waals surface area contributed by atoms with Crippen LogP contribution in [0, 0.1) is 11.8 Å². The van der Waals surface area contributed by atoms with Crippen molar-refractivity contribution in [2.24, 2.45) is 11.8 Å². The van der Waals surface area contributed by atoms with Crippen LogP contribution in [0.25, 0.3) is 10.8 Å². The summed E-state index contributed by atoms with van der Waals surface area (Å²) >= 11 is 6.84. The molecule has 2 bridgehead atoms. The van der Waals surface area contributed by atoms with E-state index in [0.717, 1.165) is 72.4 Å². The van der Waals surface area contributed by atoms with Gasteiger partial charge in [0.1, 0.15) is 5.75 Å². The van der Waals surface area contributed by atoms with E-state index in [2.05, 4.69) is 43.0 Å². The zero-order valence-corrected chi connectivity index (χ0v) is 21.3. The van der Waals surface area contributed by atoms with E-state index in [4.69, 9.17) is 16.3 Å². The predicted octanol–water partition coefficient (Wildman–Crippen LogP) is 7.62. The fourth-order valence-electron chi connectivity index (χ4n) is 6.97. The fourth-order valence-corrected chi connectivity index (χ4v) is 7.25. The second kappa shape index (κ2) is 10.1. The normalized spacial score (nSPS) is 30.4. The summed E-state index contributed by atoms with van der Waals surface area (Å²) < 4.78 is 6.36. The van der Waals surface area contributed by atoms with Crippen LogP contribution in [0.2, 0.25) is 5.02 Å². The molecule has 2 aliphatic heterocycles. The van der Waals surface area contributed by atoms with Crippen molar-refractivity contribution in [3.05, 3.63) is 40.9 Å². The Balaban J connectivity index is 1.35. The molecule has 2 heterocycles. The number of carboxylic acid groups (broad SMARTS) is 1. The summed E-state index contributed by atoms with van der Waals surface area (Å²) in [5.41, 5.74) is 1.31. The van der Waals surface area contributed by atoms with Crippen LogP contribution >= 0.6 is 11.6 Å². The number of halogens is 1. The van der Waals surface area contributed by atoms with Gasteiger partial charge in [-0.3, -0.25) is 9.69 Å². The Morgan fingerprint density at radius 3 is 2.38 bits per heavy atom. The average Bonchev–Trinajstić information content (AvgIpc) is 3.09. The topological polar surface area (TPSA) is 49.8 Å². The Morgan fingerprint density at radius 1 is 1.06 bits per heavy atom. The molecule has 2 saturated heterocycles. The van der Waals surface area contributed by atoms with Crippen LogP contribution in [-0.4, -0.2) is 34.2 Å². The van der Waals surface area contributed by atoms with E-state index in [0.29, 0.717) is 18.1 Å². The third kappa shape index (κ3) is 4.56. The summed E-state index contributed by atoms with van der Waals surface area (Å²) in [6.45, 7) is 4.53. The lowest BCUT2D eigenvalue weighted by Crippen LogP contribution is -2.46. The van der Waals surface area contributed by atoms with Crippen molar-refractivity contribution in [3.63, 3.8) is 0 Å². The molecule has 0 radical (unpaired) electrons. The van der Waals surface area contributed by atoms with Crippen LogP contribution in [0.1, 0.15) is 89.7 Å². The highest BCUT2D eigenvalue weighted by molar-refractivity contribution is 6.37. The first kappa shape index (κ1) is 23.9. The van der Waals surface area contributed by atoms with Crippen molar-refractivity contribution in [2.45, 2.75) is 102 Å². The van der Waals surface area contributed by atoms with E-state index >= 15 is 0 Å². The average molecular weight is 484 g/mol. The summed E-state index contributed by atoms with van der Waals surface area (Å²) in [6, 6.07) is 11.9. The lowest BCUT2D eigenvalue weighted by atomic mass is 9.86. The third-order valence-corrected chi connectivity index (χ3v) is 9.27. The van der Waals surface area contributed by atoms with Crippen LogP contribution in [0.15, 0.2) is 30.3 Å². The summed E-state index contributed by atoms with van der Waals surface area (Å²) in [5, 5.41) is 12.5. The van der Waals surface area contributed by atoms with Gasteiger partial charge >= 0.3 is 5.97 Å². The van der Waals surface area contributed by atoms with E-state index in [9.17, 15) is 9.90 Å². The third-order valence-electron chi connectivity index (χ3n) is 8.88. The van der Waals surface area contributed by atoms with Gasteiger partial charge in [-0.25, -0.2) is 0 Å². The van der Waals surface area contributed by atoms with Crippen molar-refractivity contribution in [1.29, 1.82) is 0 Å². The van der Waals surface area contributed by atoms with Crippen molar-refractivity contribution < 1.29 is 14.6 Å². The van der Waals surface area contributed by atoms with Gasteiger partial charge in [-0.05, 0) is 86.8 Å². The van der Waals surface area contributed by atoms with E-state index in [1.165, 1.54) is 24.8 Å². The minimum absolute atomic E-state index is 0.183. The monoisotopic (exact) mass is 483 g/mol. The van der Waals surface area contributed by atoms with E-state index in [1.54, 1.807) is 0 Å². The molecular weight excluding hydrogens is 446 g/mol. The maximum absolute atomic E-state index is 11.6. The van der Waals surface area contributed by atoms with E-state index < -0.39 is 5.97 Å². The van der Waals surface area contributed by atoms with Crippen LogP contribution < -0.4 is 4.74 Å². The van der Waals surface area contributed by atoms with Crippen LogP contribution in [0.5, 0.6) is 5.75 Å². The molecule has 2 aromatic carbocycles. The van der Waals surface area contributed by atoms with E-state index in [1.807, 2.05) is 6.07 Å². The lowest BCUT2D eigenvalue weighted by molar-refractivity contribution is -0.144. The smallest absolute Gasteiger partial charge is 0.306 e. The first-order valence-electron chi connectivity index (χ1n) is 13.4. The first-order valence-corrected chi connectivity index (χ1v) is 13.7. The Bertz CT molecular complexity index is 1020. The molecule has 3 aliphatic rings. The maximum atomic E-state index is 11.6. The molecule has 3 fully saturated rings. The summed E-state index contributed by atoms with van der Waals surface area (Å²) in [6.07, 6.45) is 11.1. The van der Waals surface area contributed by atoms with Crippen LogP contribution in [0.4, 0.5) is 0 Å². The number of piperidine rings is 1. The van der Waals surface area contributed by atoms with Crippen molar-refractivity contribution in [2.75, 3.05) is 0 Å². The quantitative estimate of drug-likeness (QED) is 0.440. The van der Waals surface area contributed by atoms with Gasteiger partial charge in [0.25, 0.3) is 0 Å². The van der Waals surface area contributed by atoms with Crippen LogP contribution in [-0.2, 0) is 4.79 Å². The Hall–Kier alpha value is -1.78. The number of hydrogen-bond donors (Lipinski definition) is 1. The molecule has 34 heavy (non-hydrogen) atoms. The highest BCUT2D eigenvalue weighted by Crippen LogP contribution is 2.45. The minimum Gasteiger partial charge on any atom is -0.489 e. The van der Waals surface area contributed by atoms with Gasteiger partial charge in [0.2, 0.25) is 0 Å². The second-order valence-electron chi connectivity index (χ2n) is 10.8. The molecule has 1 N–H and O–H groups in total. The van der Waals surface area contributed by atoms with E-state index in [-0.39, 0.29) is 12.0 Å². The summed E-state index contributed by atoms with van der Waals surface area (Å²) in [7, 11) is 0. The van der Waals surface area contributed by atoms with Crippen molar-refractivity contribution in [1.82, 2.24) is 4.90 Å². The Morgan fingerprint density at radius 2 is 1.76 bits per heavy atom. The zero-order valence-electron chi connectivity index (χ0n) is 20.5. The number of aliphatic carboxylic acids is 1. The number of ether oxygens (including phenoxy) is 1. The summed E-state index contributed by atoms with van der Waals surface area (Å²) in [5.74, 6) is 0.850. The molecule has 0 aromatic heterocycles. The molecule has 5 heteroatoms. The number of fused-ring (bicyclic) bond motifs is 3. The zero-order chi connectivity index (χ0) is 23.8. The van der Waals surface area contributed by atoms with Gasteiger partial charge in [-0.1, -0.05) is 50.1 Å². The standard InChI is InChI=1S/C29H38ClNO3/c1-3-18-5-11-24(12-6-18)34-27-14-8-19-15-20(7-13-25(19)28(27)30)26(4-2)31-22-9-10-23(31)17-21(16-22)29(32)33/h7-8,13-15,18,21-24,26H,3-6,9-12,16-17H2,1-2H3,(H,32,33)/t18-,21?,22?,23?,24+,26-/m1/s1.